The van der Waals surface area contributed by atoms with Gasteiger partial charge in [-0.15, -0.1) is 0 Å². The van der Waals surface area contributed by atoms with Crippen molar-refractivity contribution in [3.63, 3.8) is 0 Å². The molecule has 1 saturated heterocycles. The van der Waals surface area contributed by atoms with Gasteiger partial charge in [-0.3, -0.25) is 4.98 Å². The number of pyridine rings is 1. The van der Waals surface area contributed by atoms with Crippen molar-refractivity contribution in [3.05, 3.63) is 83.7 Å². The number of piperidine rings is 1. The van der Waals surface area contributed by atoms with Crippen LogP contribution in [0.3, 0.4) is 0 Å². The number of hydrogen-bond donors (Lipinski definition) is 1. The molecular formula is C19H20N2. The molecule has 2 heterocycles. The molecule has 106 valence electrons. The molecule has 1 N–H and O–H groups in total. The Labute approximate surface area is 126 Å². The van der Waals surface area contributed by atoms with Crippen LogP contribution < -0.4 is 5.32 Å². The fourth-order valence-electron chi connectivity index (χ4n) is 2.72. The summed E-state index contributed by atoms with van der Waals surface area (Å²) < 4.78 is 0. The number of benzene rings is 1. The van der Waals surface area contributed by atoms with E-state index in [2.05, 4.69) is 58.9 Å². The number of rotatable bonds is 3. The summed E-state index contributed by atoms with van der Waals surface area (Å²) in [6.45, 7) is 1.07. The van der Waals surface area contributed by atoms with Gasteiger partial charge >= 0.3 is 0 Å². The van der Waals surface area contributed by atoms with Gasteiger partial charge in [-0.05, 0) is 42.2 Å². The maximum Gasteiger partial charge on any atom is 0.0554 e. The minimum absolute atomic E-state index is 0.299. The maximum atomic E-state index is 4.24. The number of allylic oxidation sites excluding steroid dienone is 2. The van der Waals surface area contributed by atoms with Gasteiger partial charge in [0.15, 0.2) is 0 Å². The second-order valence-corrected chi connectivity index (χ2v) is 5.29. The molecule has 1 aliphatic heterocycles. The van der Waals surface area contributed by atoms with Crippen molar-refractivity contribution < 1.29 is 0 Å². The van der Waals surface area contributed by atoms with Crippen LogP contribution in [-0.2, 0) is 0 Å². The zero-order valence-corrected chi connectivity index (χ0v) is 12.1. The second-order valence-electron chi connectivity index (χ2n) is 5.29. The third-order valence-electron chi connectivity index (χ3n) is 3.78. The topological polar surface area (TPSA) is 24.9 Å². The van der Waals surface area contributed by atoms with Crippen LogP contribution in [0.1, 0.15) is 30.0 Å². The standard InChI is InChI=1S/C19H20N2/c1-2-7-16(8-3-1)9-4-10-17-11-6-14-21-19(17)18-12-5-13-20-15-18/h1-5,7-10,12-13,15,19,21H,6,11,14H2/b9-4+,17-10+. The highest BCUT2D eigenvalue weighted by Crippen LogP contribution is 2.28. The zero-order valence-electron chi connectivity index (χ0n) is 12.1. The van der Waals surface area contributed by atoms with Crippen molar-refractivity contribution in [1.82, 2.24) is 10.3 Å². The van der Waals surface area contributed by atoms with Crippen molar-refractivity contribution in [2.24, 2.45) is 0 Å². The first kappa shape index (κ1) is 13.8. The number of nitrogens with one attached hydrogen (secondary N) is 1. The molecule has 0 spiro atoms. The summed E-state index contributed by atoms with van der Waals surface area (Å²) in [7, 11) is 0. The predicted octanol–water partition coefficient (Wildman–Crippen LogP) is 4.15. The van der Waals surface area contributed by atoms with Gasteiger partial charge in [-0.25, -0.2) is 0 Å². The normalized spacial score (nSPS) is 21.0. The second kappa shape index (κ2) is 7.00. The molecule has 1 aromatic carbocycles. The Balaban J connectivity index is 1.78. The summed E-state index contributed by atoms with van der Waals surface area (Å²) in [4.78, 5) is 4.24. The smallest absolute Gasteiger partial charge is 0.0554 e. The van der Waals surface area contributed by atoms with Crippen LogP contribution in [0.15, 0.2) is 72.6 Å². The van der Waals surface area contributed by atoms with Crippen molar-refractivity contribution in [3.8, 4) is 0 Å². The van der Waals surface area contributed by atoms with Crippen molar-refractivity contribution in [2.75, 3.05) is 6.54 Å². The minimum Gasteiger partial charge on any atom is -0.306 e. The Morgan fingerprint density at radius 1 is 1.10 bits per heavy atom. The molecule has 1 unspecified atom stereocenters. The maximum absolute atomic E-state index is 4.24. The number of hydrogen-bond acceptors (Lipinski definition) is 2. The van der Waals surface area contributed by atoms with Gasteiger partial charge in [-0.1, -0.05) is 54.6 Å². The van der Waals surface area contributed by atoms with Crippen LogP contribution in [0.5, 0.6) is 0 Å². The van der Waals surface area contributed by atoms with Gasteiger partial charge in [-0.2, -0.15) is 0 Å². The first-order valence-corrected chi connectivity index (χ1v) is 7.49. The number of aromatic nitrogens is 1. The SMILES string of the molecule is C(=C\c1ccccc1)/C=C1\CCCNC1c1cccnc1. The first-order valence-electron chi connectivity index (χ1n) is 7.49. The van der Waals surface area contributed by atoms with Crippen LogP contribution in [0.2, 0.25) is 0 Å². The summed E-state index contributed by atoms with van der Waals surface area (Å²) >= 11 is 0. The molecule has 1 fully saturated rings. The van der Waals surface area contributed by atoms with E-state index in [4.69, 9.17) is 0 Å². The fourth-order valence-corrected chi connectivity index (χ4v) is 2.72. The van der Waals surface area contributed by atoms with Crippen LogP contribution in [0, 0.1) is 0 Å². The lowest BCUT2D eigenvalue weighted by atomic mass is 9.92. The Morgan fingerprint density at radius 3 is 2.81 bits per heavy atom. The Morgan fingerprint density at radius 2 is 2.00 bits per heavy atom. The van der Waals surface area contributed by atoms with E-state index in [0.717, 1.165) is 13.0 Å². The minimum atomic E-state index is 0.299. The van der Waals surface area contributed by atoms with Crippen molar-refractivity contribution >= 4 is 6.08 Å². The van der Waals surface area contributed by atoms with E-state index >= 15 is 0 Å². The lowest BCUT2D eigenvalue weighted by molar-refractivity contribution is 0.504. The van der Waals surface area contributed by atoms with E-state index in [1.165, 1.54) is 23.1 Å². The predicted molar refractivity (Wildman–Crippen MR) is 87.8 cm³/mol. The molecule has 0 aliphatic carbocycles. The van der Waals surface area contributed by atoms with Gasteiger partial charge in [0, 0.05) is 12.4 Å². The fraction of sp³-hybridized carbons (Fsp3) is 0.211. The van der Waals surface area contributed by atoms with Gasteiger partial charge in [0.2, 0.25) is 0 Å². The van der Waals surface area contributed by atoms with Crippen molar-refractivity contribution in [1.29, 1.82) is 0 Å². The summed E-state index contributed by atoms with van der Waals surface area (Å²) in [6.07, 6.45) is 12.7. The molecule has 1 aromatic heterocycles. The summed E-state index contributed by atoms with van der Waals surface area (Å²) in [5.74, 6) is 0. The van der Waals surface area contributed by atoms with Gasteiger partial charge in [0.1, 0.15) is 0 Å². The van der Waals surface area contributed by atoms with Crippen LogP contribution in [0.4, 0.5) is 0 Å². The molecule has 1 atom stereocenters. The molecule has 2 aromatic rings. The highest BCUT2D eigenvalue weighted by atomic mass is 14.9. The molecule has 0 amide bonds. The lowest BCUT2D eigenvalue weighted by Gasteiger charge is -2.27. The summed E-state index contributed by atoms with van der Waals surface area (Å²) in [5, 5.41) is 3.59. The molecule has 1 aliphatic rings. The molecule has 0 radical (unpaired) electrons. The van der Waals surface area contributed by atoms with Gasteiger partial charge in [0.25, 0.3) is 0 Å². The first-order chi connectivity index (χ1) is 10.4. The van der Waals surface area contributed by atoms with Gasteiger partial charge < -0.3 is 5.32 Å². The van der Waals surface area contributed by atoms with E-state index in [1.54, 1.807) is 0 Å². The molecule has 21 heavy (non-hydrogen) atoms. The quantitative estimate of drug-likeness (QED) is 0.911. The third-order valence-corrected chi connectivity index (χ3v) is 3.78. The van der Waals surface area contributed by atoms with Crippen LogP contribution >= 0.6 is 0 Å². The average Bonchev–Trinajstić information content (AvgIpc) is 2.57. The Bertz CT molecular complexity index is 615. The molecular weight excluding hydrogens is 256 g/mol. The molecule has 2 nitrogen and oxygen atoms in total. The van der Waals surface area contributed by atoms with Crippen LogP contribution in [0.25, 0.3) is 6.08 Å². The van der Waals surface area contributed by atoms with E-state index in [9.17, 15) is 0 Å². The molecule has 0 saturated carbocycles. The van der Waals surface area contributed by atoms with Gasteiger partial charge in [0.05, 0.1) is 6.04 Å². The average molecular weight is 276 g/mol. The van der Waals surface area contributed by atoms with E-state index < -0.39 is 0 Å². The highest BCUT2D eigenvalue weighted by molar-refractivity contribution is 5.51. The Kier molecular flexibility index (Phi) is 4.59. The molecule has 0 bridgehead atoms. The summed E-state index contributed by atoms with van der Waals surface area (Å²) in [6, 6.07) is 14.8. The highest BCUT2D eigenvalue weighted by Gasteiger charge is 2.19. The third kappa shape index (κ3) is 3.67. The van der Waals surface area contributed by atoms with E-state index in [-0.39, 0.29) is 0 Å². The summed E-state index contributed by atoms with van der Waals surface area (Å²) in [5.41, 5.74) is 3.91. The monoisotopic (exact) mass is 276 g/mol. The Hall–Kier alpha value is -2.19. The molecule has 2 heteroatoms. The lowest BCUT2D eigenvalue weighted by Crippen LogP contribution is -2.28. The number of nitrogens with zero attached hydrogens (tertiary/aromatic N) is 1. The molecule has 3 rings (SSSR count). The van der Waals surface area contributed by atoms with Crippen LogP contribution in [-0.4, -0.2) is 11.5 Å². The van der Waals surface area contributed by atoms with Crippen molar-refractivity contribution in [2.45, 2.75) is 18.9 Å². The largest absolute Gasteiger partial charge is 0.306 e. The zero-order chi connectivity index (χ0) is 14.3. The van der Waals surface area contributed by atoms with E-state index in [0.29, 0.717) is 6.04 Å². The van der Waals surface area contributed by atoms with E-state index in [1.807, 2.05) is 24.5 Å².